The van der Waals surface area contributed by atoms with Crippen LogP contribution in [0.1, 0.15) is 105 Å². The van der Waals surface area contributed by atoms with Gasteiger partial charge in [0.05, 0.1) is 6.10 Å². The lowest BCUT2D eigenvalue weighted by Gasteiger charge is -2.58. The molecule has 2 unspecified atom stereocenters. The SMILES string of the molecule is CC(C)CCC[C@@H](C)[C@H]1CC[C@H]2[C@@H]3CC=C4C[C@@H](OP(=O)(O)OP(=O)(O)OP(=O)(O)O)CC[C@]4(C)[C@H]3CC[C@]12C. The van der Waals surface area contributed by atoms with Crippen molar-refractivity contribution in [2.24, 2.45) is 46.3 Å². The van der Waals surface area contributed by atoms with Crippen molar-refractivity contribution in [3.8, 4) is 0 Å². The van der Waals surface area contributed by atoms with E-state index in [1.807, 2.05) is 0 Å². The zero-order valence-electron chi connectivity index (χ0n) is 24.5. The zero-order chi connectivity index (χ0) is 29.7. The molecule has 10 nitrogen and oxygen atoms in total. The third-order valence-corrected chi connectivity index (χ3v) is 14.8. The van der Waals surface area contributed by atoms with E-state index in [0.29, 0.717) is 36.0 Å². The van der Waals surface area contributed by atoms with Crippen molar-refractivity contribution in [1.82, 2.24) is 0 Å². The highest BCUT2D eigenvalue weighted by Gasteiger charge is 2.59. The van der Waals surface area contributed by atoms with Gasteiger partial charge in [-0.05, 0) is 97.7 Å². The Balaban J connectivity index is 1.41. The van der Waals surface area contributed by atoms with Crippen LogP contribution in [0.15, 0.2) is 11.6 Å². The van der Waals surface area contributed by atoms with Crippen molar-refractivity contribution in [3.63, 3.8) is 0 Å². The summed E-state index contributed by atoms with van der Waals surface area (Å²) in [5.74, 6) is 4.19. The molecule has 0 aromatic rings. The second-order valence-corrected chi connectivity index (χ2v) is 18.2. The van der Waals surface area contributed by atoms with Gasteiger partial charge in [0, 0.05) is 0 Å². The van der Waals surface area contributed by atoms with Gasteiger partial charge in [0.1, 0.15) is 0 Å². The average Bonchev–Trinajstić information content (AvgIpc) is 3.13. The smallest absolute Gasteiger partial charge is 0.302 e. The molecule has 40 heavy (non-hydrogen) atoms. The molecule has 0 spiro atoms. The lowest BCUT2D eigenvalue weighted by molar-refractivity contribution is -0.0569. The van der Waals surface area contributed by atoms with Crippen LogP contribution in [0.25, 0.3) is 0 Å². The van der Waals surface area contributed by atoms with Crippen LogP contribution in [0.3, 0.4) is 0 Å². The highest BCUT2D eigenvalue weighted by atomic mass is 31.3. The average molecular weight is 627 g/mol. The molecular formula is C27H49O10P3. The summed E-state index contributed by atoms with van der Waals surface area (Å²) in [6, 6.07) is 0. The predicted octanol–water partition coefficient (Wildman–Crippen LogP) is 7.74. The molecule has 0 saturated heterocycles. The molecule has 0 heterocycles. The van der Waals surface area contributed by atoms with Gasteiger partial charge in [-0.3, -0.25) is 4.52 Å². The number of phosphoric ester groups is 1. The minimum atomic E-state index is -5.52. The van der Waals surface area contributed by atoms with Gasteiger partial charge >= 0.3 is 23.5 Å². The molecule has 232 valence electrons. The molecule has 10 atom stereocenters. The van der Waals surface area contributed by atoms with Crippen LogP contribution in [-0.2, 0) is 26.8 Å². The first-order chi connectivity index (χ1) is 18.4. The highest BCUT2D eigenvalue weighted by Crippen LogP contribution is 2.69. The largest absolute Gasteiger partial charge is 0.490 e. The third-order valence-electron chi connectivity index (χ3n) is 11.0. The van der Waals surface area contributed by atoms with Gasteiger partial charge in [-0.15, -0.1) is 0 Å². The summed E-state index contributed by atoms with van der Waals surface area (Å²) in [7, 11) is -16.1. The number of allylic oxidation sites excluding steroid dienone is 1. The van der Waals surface area contributed by atoms with E-state index in [1.54, 1.807) is 0 Å². The molecule has 0 aromatic heterocycles. The van der Waals surface area contributed by atoms with Crippen LogP contribution >= 0.6 is 23.5 Å². The molecule has 4 N–H and O–H groups in total. The summed E-state index contributed by atoms with van der Waals surface area (Å²) in [5.41, 5.74) is 1.56. The first-order valence-corrected chi connectivity index (χ1v) is 19.4. The summed E-state index contributed by atoms with van der Waals surface area (Å²) in [6.45, 7) is 12.0. The summed E-state index contributed by atoms with van der Waals surface area (Å²) in [4.78, 5) is 37.0. The monoisotopic (exact) mass is 626 g/mol. The highest BCUT2D eigenvalue weighted by molar-refractivity contribution is 7.66. The lowest BCUT2D eigenvalue weighted by Crippen LogP contribution is -2.51. The standard InChI is InChI=1S/C27H49O10P3/c1-18(2)7-6-8-19(3)23-11-12-24-22-10-9-20-17-21(13-15-26(20,4)25(22)14-16-27(23,24)5)35-39(31,32)37-40(33,34)36-38(28,29)30/h9,18-19,21-25H,6-8,10-17H2,1-5H3,(H,31,32)(H,33,34)(H2,28,29,30)/t19-,21+,22+,23-,24+,25+,26+,27-/m1/s1. The van der Waals surface area contributed by atoms with Crippen LogP contribution in [0.4, 0.5) is 0 Å². The second-order valence-electron chi connectivity index (χ2n) is 13.9. The number of hydrogen-bond donors (Lipinski definition) is 4. The van der Waals surface area contributed by atoms with E-state index < -0.39 is 29.6 Å². The first-order valence-electron chi connectivity index (χ1n) is 14.9. The topological polar surface area (TPSA) is 160 Å². The molecule has 0 radical (unpaired) electrons. The van der Waals surface area contributed by atoms with Gasteiger partial charge in [-0.2, -0.15) is 8.62 Å². The molecule has 3 fully saturated rings. The fraction of sp³-hybridized carbons (Fsp3) is 0.926. The van der Waals surface area contributed by atoms with Gasteiger partial charge in [0.15, 0.2) is 0 Å². The summed E-state index contributed by atoms with van der Waals surface area (Å²) in [5, 5.41) is 0. The van der Waals surface area contributed by atoms with E-state index in [2.05, 4.69) is 49.3 Å². The van der Waals surface area contributed by atoms with E-state index in [0.717, 1.165) is 30.6 Å². The lowest BCUT2D eigenvalue weighted by atomic mass is 9.47. The molecule has 13 heteroatoms. The molecule has 0 bridgehead atoms. The van der Waals surface area contributed by atoms with Gasteiger partial charge in [0.25, 0.3) is 0 Å². The number of hydrogen-bond acceptors (Lipinski definition) is 6. The Kier molecular flexibility index (Phi) is 9.85. The van der Waals surface area contributed by atoms with Crippen LogP contribution in [0, 0.1) is 46.3 Å². The fourth-order valence-electron chi connectivity index (χ4n) is 9.23. The van der Waals surface area contributed by atoms with Crippen molar-refractivity contribution < 1.29 is 46.4 Å². The Hall–Kier alpha value is 0.150. The fourth-order valence-corrected chi connectivity index (χ4v) is 12.4. The van der Waals surface area contributed by atoms with Crippen molar-refractivity contribution in [3.05, 3.63) is 11.6 Å². The summed E-state index contributed by atoms with van der Waals surface area (Å²) < 4.78 is 48.1. The molecule has 0 amide bonds. The van der Waals surface area contributed by atoms with E-state index in [9.17, 15) is 23.5 Å². The second kappa shape index (κ2) is 11.9. The maximum Gasteiger partial charge on any atom is 0.490 e. The maximum absolute atomic E-state index is 12.4. The Morgan fingerprint density at radius 2 is 1.60 bits per heavy atom. The van der Waals surface area contributed by atoms with E-state index in [-0.39, 0.29) is 5.41 Å². The van der Waals surface area contributed by atoms with Crippen LogP contribution in [0.5, 0.6) is 0 Å². The van der Waals surface area contributed by atoms with Crippen LogP contribution in [-0.4, -0.2) is 25.7 Å². The Labute approximate surface area is 239 Å². The molecule has 4 aliphatic carbocycles. The minimum Gasteiger partial charge on any atom is -0.302 e. The van der Waals surface area contributed by atoms with Crippen molar-refractivity contribution in [2.45, 2.75) is 111 Å². The van der Waals surface area contributed by atoms with Crippen molar-refractivity contribution >= 4 is 23.5 Å². The van der Waals surface area contributed by atoms with Crippen LogP contribution < -0.4 is 0 Å². The van der Waals surface area contributed by atoms with Gasteiger partial charge < -0.3 is 19.6 Å². The zero-order valence-corrected chi connectivity index (χ0v) is 27.2. The van der Waals surface area contributed by atoms with Gasteiger partial charge in [-0.1, -0.05) is 65.5 Å². The molecular weight excluding hydrogens is 577 g/mol. The van der Waals surface area contributed by atoms with E-state index >= 15 is 0 Å². The number of fused-ring (bicyclic) bond motifs is 5. The third kappa shape index (κ3) is 7.26. The number of phosphoric acid groups is 3. The van der Waals surface area contributed by atoms with Crippen LogP contribution in [0.2, 0.25) is 0 Å². The molecule has 3 saturated carbocycles. The minimum absolute atomic E-state index is 0.0266. The normalized spacial score (nSPS) is 39.9. The first kappa shape index (κ1) is 33.1. The molecule has 4 aliphatic rings. The van der Waals surface area contributed by atoms with Gasteiger partial charge in [-0.25, -0.2) is 13.7 Å². The maximum atomic E-state index is 12.4. The molecule has 0 aromatic carbocycles. The van der Waals surface area contributed by atoms with Crippen molar-refractivity contribution in [1.29, 1.82) is 0 Å². The molecule has 4 rings (SSSR count). The quantitative estimate of drug-likeness (QED) is 0.132. The molecule has 0 aliphatic heterocycles. The summed E-state index contributed by atoms with van der Waals surface area (Å²) in [6.07, 6.45) is 13.2. The number of rotatable bonds is 11. The van der Waals surface area contributed by atoms with E-state index in [4.69, 9.17) is 14.3 Å². The predicted molar refractivity (Wildman–Crippen MR) is 152 cm³/mol. The van der Waals surface area contributed by atoms with Crippen molar-refractivity contribution in [2.75, 3.05) is 0 Å². The Bertz CT molecular complexity index is 1100. The summed E-state index contributed by atoms with van der Waals surface area (Å²) >= 11 is 0. The van der Waals surface area contributed by atoms with E-state index in [1.165, 1.54) is 50.5 Å². The van der Waals surface area contributed by atoms with Gasteiger partial charge in [0.2, 0.25) is 0 Å². The Morgan fingerprint density at radius 1 is 0.900 bits per heavy atom. The Morgan fingerprint density at radius 3 is 2.25 bits per heavy atom.